The molecular formula is C11H18NO4PS2. The third-order valence-electron chi connectivity index (χ3n) is 2.32. The Balaban J connectivity index is 3.16. The van der Waals surface area contributed by atoms with Crippen LogP contribution in [0.4, 0.5) is 0 Å². The van der Waals surface area contributed by atoms with E-state index in [1.54, 1.807) is 32.0 Å². The molecule has 8 heteroatoms. The van der Waals surface area contributed by atoms with E-state index in [-0.39, 0.29) is 4.90 Å². The van der Waals surface area contributed by atoms with Crippen LogP contribution in [-0.2, 0) is 30.9 Å². The van der Waals surface area contributed by atoms with Crippen molar-refractivity contribution in [3.05, 3.63) is 30.3 Å². The fourth-order valence-electron chi connectivity index (χ4n) is 1.40. The average Bonchev–Trinajstić information content (AvgIpc) is 2.39. The number of sulfonamides is 1. The molecule has 0 amide bonds. The summed E-state index contributed by atoms with van der Waals surface area (Å²) in [6, 6.07) is 8.10. The standard InChI is InChI=1S/C11H18NO4PS2/c1-4-15-17(18,16-5-2)12(3)19(13,14)11-9-7-6-8-10-11/h6-10H,4-5H2,1-3H3. The van der Waals surface area contributed by atoms with E-state index in [1.165, 1.54) is 19.2 Å². The fraction of sp³-hybridized carbons (Fsp3) is 0.455. The minimum Gasteiger partial charge on any atom is -0.317 e. The van der Waals surface area contributed by atoms with Gasteiger partial charge in [0.15, 0.2) is 0 Å². The molecule has 0 fully saturated rings. The number of benzene rings is 1. The molecule has 0 aliphatic carbocycles. The van der Waals surface area contributed by atoms with Gasteiger partial charge in [0.2, 0.25) is 10.0 Å². The highest BCUT2D eigenvalue weighted by Gasteiger charge is 2.35. The second kappa shape index (κ2) is 6.92. The van der Waals surface area contributed by atoms with Crippen LogP contribution in [0, 0.1) is 0 Å². The van der Waals surface area contributed by atoms with Crippen molar-refractivity contribution in [3.63, 3.8) is 0 Å². The Bertz CT molecular complexity index is 537. The van der Waals surface area contributed by atoms with Gasteiger partial charge in [0, 0.05) is 7.05 Å². The highest BCUT2D eigenvalue weighted by Crippen LogP contribution is 2.53. The Morgan fingerprint density at radius 2 is 1.63 bits per heavy atom. The van der Waals surface area contributed by atoms with Gasteiger partial charge >= 0.3 is 0 Å². The van der Waals surface area contributed by atoms with Gasteiger partial charge in [0.1, 0.15) is 0 Å². The summed E-state index contributed by atoms with van der Waals surface area (Å²) in [5, 5.41) is 0. The molecule has 0 bridgehead atoms. The van der Waals surface area contributed by atoms with Crippen LogP contribution in [0.15, 0.2) is 35.2 Å². The van der Waals surface area contributed by atoms with Crippen molar-refractivity contribution in [2.75, 3.05) is 20.3 Å². The number of nitrogens with zero attached hydrogens (tertiary/aromatic N) is 1. The van der Waals surface area contributed by atoms with Crippen molar-refractivity contribution in [2.45, 2.75) is 18.7 Å². The van der Waals surface area contributed by atoms with E-state index in [1.807, 2.05) is 0 Å². The van der Waals surface area contributed by atoms with Crippen LogP contribution in [-0.4, -0.2) is 32.8 Å². The van der Waals surface area contributed by atoms with Crippen LogP contribution in [0.3, 0.4) is 0 Å². The molecule has 1 aromatic rings. The van der Waals surface area contributed by atoms with Gasteiger partial charge in [-0.15, -0.1) is 4.08 Å². The van der Waals surface area contributed by atoms with E-state index in [4.69, 9.17) is 20.9 Å². The molecule has 0 aromatic heterocycles. The Hall–Kier alpha value is -0.300. The molecular weight excluding hydrogens is 305 g/mol. The second-order valence-electron chi connectivity index (χ2n) is 3.56. The summed E-state index contributed by atoms with van der Waals surface area (Å²) in [6.07, 6.45) is 0. The first-order valence-corrected chi connectivity index (χ1v) is 9.85. The SMILES string of the molecule is CCOP(=S)(OCC)N(C)S(=O)(=O)c1ccccc1. The smallest absolute Gasteiger partial charge is 0.277 e. The molecule has 108 valence electrons. The predicted molar refractivity (Wildman–Crippen MR) is 78.9 cm³/mol. The van der Waals surface area contributed by atoms with Crippen molar-refractivity contribution in [1.29, 1.82) is 0 Å². The summed E-state index contributed by atoms with van der Waals surface area (Å²) < 4.78 is 36.7. The predicted octanol–water partition coefficient (Wildman–Crippen LogP) is 2.60. The van der Waals surface area contributed by atoms with Gasteiger partial charge in [-0.1, -0.05) is 18.2 Å². The van der Waals surface area contributed by atoms with Gasteiger partial charge in [-0.3, -0.25) is 0 Å². The number of rotatable bonds is 7. The van der Waals surface area contributed by atoms with Crippen LogP contribution in [0.1, 0.15) is 13.8 Å². The molecule has 0 saturated carbocycles. The van der Waals surface area contributed by atoms with Gasteiger partial charge in [-0.05, 0) is 37.8 Å². The first-order chi connectivity index (χ1) is 8.88. The Kier molecular flexibility index (Phi) is 6.11. The molecule has 0 saturated heterocycles. The van der Waals surface area contributed by atoms with E-state index in [9.17, 15) is 8.42 Å². The highest BCUT2D eigenvalue weighted by atomic mass is 32.5. The summed E-state index contributed by atoms with van der Waals surface area (Å²) >= 11 is 5.28. The third-order valence-corrected chi connectivity index (χ3v) is 8.71. The zero-order valence-corrected chi connectivity index (χ0v) is 13.7. The topological polar surface area (TPSA) is 55.8 Å². The lowest BCUT2D eigenvalue weighted by atomic mass is 10.4. The quantitative estimate of drug-likeness (QED) is 0.722. The van der Waals surface area contributed by atoms with E-state index < -0.39 is 16.7 Å². The van der Waals surface area contributed by atoms with Crippen LogP contribution >= 0.6 is 6.64 Å². The third kappa shape index (κ3) is 3.84. The van der Waals surface area contributed by atoms with Crippen molar-refractivity contribution in [2.24, 2.45) is 0 Å². The lowest BCUT2D eigenvalue weighted by molar-refractivity contribution is 0.245. The largest absolute Gasteiger partial charge is 0.317 e. The molecule has 0 unspecified atom stereocenters. The maximum Gasteiger partial charge on any atom is 0.277 e. The Morgan fingerprint density at radius 3 is 2.05 bits per heavy atom. The van der Waals surface area contributed by atoms with E-state index in [0.29, 0.717) is 13.2 Å². The van der Waals surface area contributed by atoms with E-state index in [2.05, 4.69) is 0 Å². The van der Waals surface area contributed by atoms with E-state index >= 15 is 0 Å². The normalized spacial score (nSPS) is 12.8. The molecule has 0 aliphatic heterocycles. The number of hydrogen-bond acceptors (Lipinski definition) is 5. The van der Waals surface area contributed by atoms with Gasteiger partial charge in [-0.25, -0.2) is 8.42 Å². The Morgan fingerprint density at radius 1 is 1.16 bits per heavy atom. The molecule has 0 heterocycles. The lowest BCUT2D eigenvalue weighted by Gasteiger charge is -2.29. The highest BCUT2D eigenvalue weighted by molar-refractivity contribution is 8.13. The van der Waals surface area contributed by atoms with Crippen LogP contribution < -0.4 is 0 Å². The molecule has 0 aliphatic rings. The van der Waals surface area contributed by atoms with Crippen molar-refractivity contribution in [3.8, 4) is 0 Å². The molecule has 0 spiro atoms. The van der Waals surface area contributed by atoms with Gasteiger partial charge in [-0.2, -0.15) is 0 Å². The summed E-state index contributed by atoms with van der Waals surface area (Å²) in [5.74, 6) is 0. The monoisotopic (exact) mass is 323 g/mol. The molecule has 19 heavy (non-hydrogen) atoms. The maximum absolute atomic E-state index is 12.5. The second-order valence-corrected chi connectivity index (χ2v) is 9.23. The fourth-order valence-corrected chi connectivity index (χ4v) is 6.30. The van der Waals surface area contributed by atoms with Crippen LogP contribution in [0.5, 0.6) is 0 Å². The summed E-state index contributed by atoms with van der Waals surface area (Å²) in [5.41, 5.74) is 0. The Labute approximate surface area is 119 Å². The molecule has 1 aromatic carbocycles. The molecule has 0 atom stereocenters. The first-order valence-electron chi connectivity index (χ1n) is 5.82. The molecule has 1 rings (SSSR count). The summed E-state index contributed by atoms with van der Waals surface area (Å²) in [4.78, 5) is 0.172. The summed E-state index contributed by atoms with van der Waals surface area (Å²) in [6.45, 7) is 1.08. The van der Waals surface area contributed by atoms with E-state index in [0.717, 1.165) is 4.08 Å². The number of hydrogen-bond donors (Lipinski definition) is 0. The maximum atomic E-state index is 12.5. The van der Waals surface area contributed by atoms with Gasteiger partial charge in [0.05, 0.1) is 18.1 Å². The zero-order chi connectivity index (χ0) is 14.5. The molecule has 0 radical (unpaired) electrons. The van der Waals surface area contributed by atoms with Crippen LogP contribution in [0.25, 0.3) is 0 Å². The minimum atomic E-state index is -3.71. The molecule has 5 nitrogen and oxygen atoms in total. The van der Waals surface area contributed by atoms with Gasteiger partial charge < -0.3 is 9.05 Å². The average molecular weight is 323 g/mol. The minimum absolute atomic E-state index is 0.172. The zero-order valence-electron chi connectivity index (χ0n) is 11.1. The lowest BCUT2D eigenvalue weighted by Crippen LogP contribution is -2.26. The van der Waals surface area contributed by atoms with Gasteiger partial charge in [0.25, 0.3) is 6.64 Å². The first kappa shape index (κ1) is 16.8. The van der Waals surface area contributed by atoms with Crippen molar-refractivity contribution >= 4 is 28.5 Å². The summed E-state index contributed by atoms with van der Waals surface area (Å²) in [7, 11) is -2.32. The molecule has 0 N–H and O–H groups in total. The van der Waals surface area contributed by atoms with Crippen molar-refractivity contribution in [1.82, 2.24) is 4.08 Å². The van der Waals surface area contributed by atoms with Crippen LogP contribution in [0.2, 0.25) is 0 Å². The van der Waals surface area contributed by atoms with Crippen molar-refractivity contribution < 1.29 is 17.5 Å².